The van der Waals surface area contributed by atoms with E-state index in [1.807, 2.05) is 5.38 Å². The Bertz CT molecular complexity index is 660. The SMILES string of the molecule is COc1cc(C(=O)NCC(F)(F)F)ccc1OCc1cscn1. The summed E-state index contributed by atoms with van der Waals surface area (Å²) in [6.45, 7) is -1.17. The molecule has 1 heterocycles. The molecular formula is C14H13F3N2O3S. The zero-order valence-electron chi connectivity index (χ0n) is 12.0. The maximum atomic E-state index is 12.1. The van der Waals surface area contributed by atoms with Gasteiger partial charge in [-0.15, -0.1) is 11.3 Å². The van der Waals surface area contributed by atoms with Crippen molar-refractivity contribution in [2.75, 3.05) is 13.7 Å². The van der Waals surface area contributed by atoms with Gasteiger partial charge >= 0.3 is 6.18 Å². The molecule has 2 rings (SSSR count). The molecule has 9 heteroatoms. The summed E-state index contributed by atoms with van der Waals surface area (Å²) in [6.07, 6.45) is -4.46. The van der Waals surface area contributed by atoms with Gasteiger partial charge in [0.05, 0.1) is 18.3 Å². The van der Waals surface area contributed by atoms with Crippen molar-refractivity contribution in [3.05, 3.63) is 40.3 Å². The molecule has 1 aromatic carbocycles. The van der Waals surface area contributed by atoms with E-state index >= 15 is 0 Å². The molecule has 0 spiro atoms. The predicted molar refractivity (Wildman–Crippen MR) is 77.8 cm³/mol. The summed E-state index contributed by atoms with van der Waals surface area (Å²) in [6, 6.07) is 4.15. The third-order valence-electron chi connectivity index (χ3n) is 2.73. The summed E-state index contributed by atoms with van der Waals surface area (Å²) in [5.74, 6) is -0.223. The number of hydrogen-bond donors (Lipinski definition) is 1. The maximum absolute atomic E-state index is 12.1. The van der Waals surface area contributed by atoms with Crippen molar-refractivity contribution in [2.45, 2.75) is 12.8 Å². The molecule has 1 N–H and O–H groups in total. The lowest BCUT2D eigenvalue weighted by atomic mass is 10.2. The zero-order chi connectivity index (χ0) is 16.9. The summed E-state index contributed by atoms with van der Waals surface area (Å²) in [5.41, 5.74) is 2.46. The molecule has 1 amide bonds. The smallest absolute Gasteiger partial charge is 0.405 e. The molecule has 0 aliphatic carbocycles. The van der Waals surface area contributed by atoms with Crippen molar-refractivity contribution in [3.63, 3.8) is 0 Å². The van der Waals surface area contributed by atoms with Crippen LogP contribution in [-0.2, 0) is 6.61 Å². The van der Waals surface area contributed by atoms with Crippen LogP contribution in [0.2, 0.25) is 0 Å². The fraction of sp³-hybridized carbons (Fsp3) is 0.286. The van der Waals surface area contributed by atoms with Gasteiger partial charge in [-0.25, -0.2) is 4.98 Å². The lowest BCUT2D eigenvalue weighted by Crippen LogP contribution is -2.33. The van der Waals surface area contributed by atoms with E-state index in [4.69, 9.17) is 9.47 Å². The van der Waals surface area contributed by atoms with E-state index in [1.54, 1.807) is 10.8 Å². The van der Waals surface area contributed by atoms with E-state index in [1.165, 1.54) is 36.6 Å². The van der Waals surface area contributed by atoms with Gasteiger partial charge in [-0.1, -0.05) is 0 Å². The second kappa shape index (κ2) is 7.32. The highest BCUT2D eigenvalue weighted by molar-refractivity contribution is 7.07. The van der Waals surface area contributed by atoms with Crippen molar-refractivity contribution < 1.29 is 27.4 Å². The van der Waals surface area contributed by atoms with Gasteiger partial charge in [-0.2, -0.15) is 13.2 Å². The second-order valence-electron chi connectivity index (χ2n) is 4.43. The molecule has 1 aromatic heterocycles. The number of benzene rings is 1. The Kier molecular flexibility index (Phi) is 5.43. The van der Waals surface area contributed by atoms with Crippen LogP contribution in [0.5, 0.6) is 11.5 Å². The quantitative estimate of drug-likeness (QED) is 0.873. The van der Waals surface area contributed by atoms with Crippen LogP contribution in [0.15, 0.2) is 29.1 Å². The Morgan fingerprint density at radius 2 is 2.13 bits per heavy atom. The Balaban J connectivity index is 2.04. The molecular weight excluding hydrogens is 333 g/mol. The molecule has 0 saturated heterocycles. The molecule has 124 valence electrons. The fourth-order valence-corrected chi connectivity index (χ4v) is 2.21. The average molecular weight is 346 g/mol. The first-order valence-electron chi connectivity index (χ1n) is 6.42. The molecule has 0 saturated carbocycles. The summed E-state index contributed by atoms with van der Waals surface area (Å²) in [5, 5.41) is 3.62. The number of ether oxygens (including phenoxy) is 2. The van der Waals surface area contributed by atoms with E-state index < -0.39 is 18.6 Å². The predicted octanol–water partition coefficient (Wildman–Crippen LogP) is 3.02. The topological polar surface area (TPSA) is 60.5 Å². The summed E-state index contributed by atoms with van der Waals surface area (Å²) in [7, 11) is 1.38. The number of hydrogen-bond acceptors (Lipinski definition) is 5. The van der Waals surface area contributed by atoms with Crippen LogP contribution in [0.4, 0.5) is 13.2 Å². The van der Waals surface area contributed by atoms with Gasteiger partial charge in [0.15, 0.2) is 11.5 Å². The third-order valence-corrected chi connectivity index (χ3v) is 3.37. The van der Waals surface area contributed by atoms with Crippen LogP contribution < -0.4 is 14.8 Å². The van der Waals surface area contributed by atoms with Gasteiger partial charge in [0.1, 0.15) is 13.2 Å². The maximum Gasteiger partial charge on any atom is 0.405 e. The molecule has 2 aromatic rings. The monoisotopic (exact) mass is 346 g/mol. The number of halogens is 3. The molecule has 0 radical (unpaired) electrons. The first-order valence-corrected chi connectivity index (χ1v) is 7.36. The van der Waals surface area contributed by atoms with E-state index in [0.29, 0.717) is 5.75 Å². The number of nitrogens with zero attached hydrogens (tertiary/aromatic N) is 1. The van der Waals surface area contributed by atoms with Gasteiger partial charge in [0, 0.05) is 10.9 Å². The van der Waals surface area contributed by atoms with Crippen molar-refractivity contribution in [3.8, 4) is 11.5 Å². The number of alkyl halides is 3. The van der Waals surface area contributed by atoms with Crippen molar-refractivity contribution >= 4 is 17.2 Å². The largest absolute Gasteiger partial charge is 0.493 e. The second-order valence-corrected chi connectivity index (χ2v) is 5.15. The standard InChI is InChI=1S/C14H13F3N2O3S/c1-21-12-4-9(13(20)18-7-14(15,16)17)2-3-11(12)22-5-10-6-23-8-19-10/h2-4,6,8H,5,7H2,1H3,(H,18,20). The number of carbonyl (C=O) groups excluding carboxylic acids is 1. The van der Waals surface area contributed by atoms with Crippen LogP contribution in [0.1, 0.15) is 16.1 Å². The number of thiazole rings is 1. The minimum atomic E-state index is -4.46. The van der Waals surface area contributed by atoms with E-state index in [-0.39, 0.29) is 17.9 Å². The Labute approximate surface area is 134 Å². The number of carbonyl (C=O) groups is 1. The number of amides is 1. The number of methoxy groups -OCH3 is 1. The number of rotatable bonds is 6. The van der Waals surface area contributed by atoms with Crippen molar-refractivity contribution in [2.24, 2.45) is 0 Å². The van der Waals surface area contributed by atoms with Gasteiger partial charge in [-0.05, 0) is 18.2 Å². The molecule has 0 aliphatic rings. The minimum absolute atomic E-state index is 0.0482. The van der Waals surface area contributed by atoms with Gasteiger partial charge in [0.25, 0.3) is 5.91 Å². The van der Waals surface area contributed by atoms with E-state index in [2.05, 4.69) is 4.98 Å². The molecule has 0 unspecified atom stereocenters. The Morgan fingerprint density at radius 1 is 1.35 bits per heavy atom. The number of nitrogens with one attached hydrogen (secondary N) is 1. The van der Waals surface area contributed by atoms with Gasteiger partial charge in [-0.3, -0.25) is 4.79 Å². The highest BCUT2D eigenvalue weighted by Gasteiger charge is 2.28. The first-order chi connectivity index (χ1) is 10.9. The van der Waals surface area contributed by atoms with Gasteiger partial charge < -0.3 is 14.8 Å². The fourth-order valence-electron chi connectivity index (χ4n) is 1.67. The highest BCUT2D eigenvalue weighted by Crippen LogP contribution is 2.29. The van der Waals surface area contributed by atoms with Crippen LogP contribution in [0.25, 0.3) is 0 Å². The van der Waals surface area contributed by atoms with Gasteiger partial charge in [0.2, 0.25) is 0 Å². The lowest BCUT2D eigenvalue weighted by molar-refractivity contribution is -0.123. The summed E-state index contributed by atoms with van der Waals surface area (Å²) >= 11 is 1.43. The molecule has 0 fully saturated rings. The normalized spacial score (nSPS) is 11.1. The third kappa shape index (κ3) is 5.13. The van der Waals surface area contributed by atoms with Crippen LogP contribution in [-0.4, -0.2) is 30.7 Å². The average Bonchev–Trinajstić information content (AvgIpc) is 3.03. The van der Waals surface area contributed by atoms with Crippen molar-refractivity contribution in [1.29, 1.82) is 0 Å². The van der Waals surface area contributed by atoms with Crippen LogP contribution in [0, 0.1) is 0 Å². The summed E-state index contributed by atoms with van der Waals surface area (Å²) in [4.78, 5) is 15.8. The summed E-state index contributed by atoms with van der Waals surface area (Å²) < 4.78 is 47.0. The molecule has 0 aliphatic heterocycles. The van der Waals surface area contributed by atoms with E-state index in [0.717, 1.165) is 5.69 Å². The highest BCUT2D eigenvalue weighted by atomic mass is 32.1. The zero-order valence-corrected chi connectivity index (χ0v) is 12.8. The van der Waals surface area contributed by atoms with Crippen LogP contribution in [0.3, 0.4) is 0 Å². The minimum Gasteiger partial charge on any atom is -0.493 e. The Hall–Kier alpha value is -2.29. The van der Waals surface area contributed by atoms with Crippen LogP contribution >= 0.6 is 11.3 Å². The van der Waals surface area contributed by atoms with Crippen molar-refractivity contribution in [1.82, 2.24) is 10.3 Å². The molecule has 0 bridgehead atoms. The molecule has 23 heavy (non-hydrogen) atoms. The molecule has 5 nitrogen and oxygen atoms in total. The first kappa shape index (κ1) is 17.1. The number of aromatic nitrogens is 1. The van der Waals surface area contributed by atoms with E-state index in [9.17, 15) is 18.0 Å². The Morgan fingerprint density at radius 3 is 2.74 bits per heavy atom. The molecule has 0 atom stereocenters. The lowest BCUT2D eigenvalue weighted by Gasteiger charge is -2.12.